The highest BCUT2D eigenvalue weighted by Crippen LogP contribution is 2.31. The summed E-state index contributed by atoms with van der Waals surface area (Å²) in [6.45, 7) is -0.141. The number of carbonyl (C=O) groups excluding carboxylic acids is 2. The van der Waals surface area contributed by atoms with Gasteiger partial charge >= 0.3 is 0 Å². The van der Waals surface area contributed by atoms with Crippen LogP contribution in [0.1, 0.15) is 0 Å². The summed E-state index contributed by atoms with van der Waals surface area (Å²) in [6, 6.07) is 10.7. The molecule has 0 radical (unpaired) electrons. The van der Waals surface area contributed by atoms with Crippen LogP contribution in [-0.2, 0) is 9.59 Å². The predicted octanol–water partition coefficient (Wildman–Crippen LogP) is 1.51. The van der Waals surface area contributed by atoms with Crippen molar-refractivity contribution < 1.29 is 14.3 Å². The number of nitrogens with zero attached hydrogens (tertiary/aromatic N) is 3. The third-order valence-electron chi connectivity index (χ3n) is 3.60. The van der Waals surface area contributed by atoms with Gasteiger partial charge in [0.1, 0.15) is 18.1 Å². The normalized spacial score (nSPS) is 13.1. The molecule has 0 atom stereocenters. The van der Waals surface area contributed by atoms with E-state index in [2.05, 4.69) is 10.3 Å². The van der Waals surface area contributed by atoms with Crippen LogP contribution < -0.4 is 19.9 Å². The molecule has 0 saturated heterocycles. The second-order valence-corrected chi connectivity index (χ2v) is 5.58. The lowest BCUT2D eigenvalue weighted by Gasteiger charge is -2.28. The number of ether oxygens (including phenoxy) is 1. The molecule has 2 aromatic rings. The summed E-state index contributed by atoms with van der Waals surface area (Å²) < 4.78 is 5.36. The Labute approximate surface area is 139 Å². The lowest BCUT2D eigenvalue weighted by atomic mass is 10.2. The highest BCUT2D eigenvalue weighted by Gasteiger charge is 2.26. The number of para-hydroxylation sites is 2. The number of hydrogen-bond acceptors (Lipinski definition) is 5. The van der Waals surface area contributed by atoms with Gasteiger partial charge in [0.05, 0.1) is 17.6 Å². The summed E-state index contributed by atoms with van der Waals surface area (Å²) in [7, 11) is 3.78. The molecule has 0 aliphatic carbocycles. The fraction of sp³-hybridized carbons (Fsp3) is 0.235. The van der Waals surface area contributed by atoms with E-state index >= 15 is 0 Å². The molecule has 1 aromatic carbocycles. The van der Waals surface area contributed by atoms with E-state index in [9.17, 15) is 9.59 Å². The molecule has 1 aromatic heterocycles. The maximum atomic E-state index is 12.3. The van der Waals surface area contributed by atoms with Crippen LogP contribution in [0.3, 0.4) is 0 Å². The molecule has 124 valence electrons. The monoisotopic (exact) mass is 326 g/mol. The minimum absolute atomic E-state index is 0.0661. The quantitative estimate of drug-likeness (QED) is 0.922. The van der Waals surface area contributed by atoms with Crippen molar-refractivity contribution in [2.75, 3.05) is 42.4 Å². The highest BCUT2D eigenvalue weighted by atomic mass is 16.5. The third-order valence-corrected chi connectivity index (χ3v) is 3.60. The van der Waals surface area contributed by atoms with Crippen molar-refractivity contribution in [2.24, 2.45) is 0 Å². The molecule has 7 nitrogen and oxygen atoms in total. The molecule has 0 unspecified atom stereocenters. The molecular formula is C17H18N4O3. The van der Waals surface area contributed by atoms with Crippen LogP contribution in [0.15, 0.2) is 42.6 Å². The van der Waals surface area contributed by atoms with Crippen molar-refractivity contribution in [3.8, 4) is 5.75 Å². The molecule has 7 heteroatoms. The van der Waals surface area contributed by atoms with E-state index in [-0.39, 0.29) is 25.0 Å². The molecule has 0 bridgehead atoms. The van der Waals surface area contributed by atoms with Crippen molar-refractivity contribution in [2.45, 2.75) is 0 Å². The molecule has 1 aliphatic rings. The van der Waals surface area contributed by atoms with Crippen LogP contribution in [0.5, 0.6) is 5.75 Å². The van der Waals surface area contributed by atoms with Crippen LogP contribution in [-0.4, -0.2) is 44.0 Å². The van der Waals surface area contributed by atoms with Gasteiger partial charge in [0.25, 0.3) is 5.91 Å². The van der Waals surface area contributed by atoms with E-state index in [1.807, 2.05) is 31.1 Å². The smallest absolute Gasteiger partial charge is 0.265 e. The summed E-state index contributed by atoms with van der Waals surface area (Å²) in [4.78, 5) is 31.9. The summed E-state index contributed by atoms with van der Waals surface area (Å²) in [5, 5.41) is 2.75. The van der Waals surface area contributed by atoms with Gasteiger partial charge in [-0.3, -0.25) is 14.5 Å². The van der Waals surface area contributed by atoms with Crippen molar-refractivity contribution >= 4 is 29.0 Å². The lowest BCUT2D eigenvalue weighted by Crippen LogP contribution is -2.43. The van der Waals surface area contributed by atoms with Gasteiger partial charge < -0.3 is 15.0 Å². The minimum Gasteiger partial charge on any atom is -0.482 e. The van der Waals surface area contributed by atoms with Crippen LogP contribution in [0.2, 0.25) is 0 Å². The fourth-order valence-electron chi connectivity index (χ4n) is 2.40. The Morgan fingerprint density at radius 1 is 1.29 bits per heavy atom. The van der Waals surface area contributed by atoms with Gasteiger partial charge in [-0.1, -0.05) is 12.1 Å². The van der Waals surface area contributed by atoms with E-state index in [1.54, 1.807) is 30.5 Å². The van der Waals surface area contributed by atoms with E-state index in [0.717, 1.165) is 5.82 Å². The zero-order valence-electron chi connectivity index (χ0n) is 13.5. The maximum Gasteiger partial charge on any atom is 0.265 e. The number of benzene rings is 1. The lowest BCUT2D eigenvalue weighted by molar-refractivity contribution is -0.123. The highest BCUT2D eigenvalue weighted by molar-refractivity contribution is 6.04. The number of pyridine rings is 1. The second-order valence-electron chi connectivity index (χ2n) is 5.58. The Balaban J connectivity index is 1.69. The maximum absolute atomic E-state index is 12.3. The first-order chi connectivity index (χ1) is 11.5. The van der Waals surface area contributed by atoms with Crippen molar-refractivity contribution in [3.05, 3.63) is 42.6 Å². The SMILES string of the molecule is CN(C)c1ccc(NC(=O)CN2C(=O)COc3ccccc32)cn1. The molecule has 0 saturated carbocycles. The fourth-order valence-corrected chi connectivity index (χ4v) is 2.40. The number of aromatic nitrogens is 1. The molecule has 2 amide bonds. The number of nitrogens with one attached hydrogen (secondary N) is 1. The first-order valence-electron chi connectivity index (χ1n) is 7.50. The molecule has 24 heavy (non-hydrogen) atoms. The number of carbonyl (C=O) groups is 2. The standard InChI is InChI=1S/C17H18N4O3/c1-20(2)15-8-7-12(9-18-15)19-16(22)10-21-13-5-3-4-6-14(13)24-11-17(21)23/h3-9H,10-11H2,1-2H3,(H,19,22). The summed E-state index contributed by atoms with van der Waals surface area (Å²) in [5.41, 5.74) is 1.18. The molecule has 3 rings (SSSR count). The van der Waals surface area contributed by atoms with Gasteiger partial charge in [-0.25, -0.2) is 4.98 Å². The van der Waals surface area contributed by atoms with E-state index in [4.69, 9.17) is 4.74 Å². The van der Waals surface area contributed by atoms with Gasteiger partial charge in [0.15, 0.2) is 6.61 Å². The van der Waals surface area contributed by atoms with Gasteiger partial charge in [-0.15, -0.1) is 0 Å². The number of anilines is 3. The number of rotatable bonds is 4. The van der Waals surface area contributed by atoms with E-state index in [1.165, 1.54) is 4.90 Å². The van der Waals surface area contributed by atoms with Crippen LogP contribution in [0, 0.1) is 0 Å². The van der Waals surface area contributed by atoms with Gasteiger partial charge in [-0.05, 0) is 24.3 Å². The minimum atomic E-state index is -0.292. The van der Waals surface area contributed by atoms with Crippen molar-refractivity contribution in [1.82, 2.24) is 4.98 Å². The first kappa shape index (κ1) is 15.8. The Hall–Kier alpha value is -3.09. The van der Waals surface area contributed by atoms with Gasteiger partial charge in [0.2, 0.25) is 5.91 Å². The summed E-state index contributed by atoms with van der Waals surface area (Å²) in [6.07, 6.45) is 1.59. The zero-order chi connectivity index (χ0) is 17.1. The van der Waals surface area contributed by atoms with Crippen LogP contribution in [0.25, 0.3) is 0 Å². The number of fused-ring (bicyclic) bond motifs is 1. The molecule has 2 heterocycles. The van der Waals surface area contributed by atoms with Crippen molar-refractivity contribution in [3.63, 3.8) is 0 Å². The zero-order valence-corrected chi connectivity index (χ0v) is 13.5. The molecule has 0 fully saturated rings. The largest absolute Gasteiger partial charge is 0.482 e. The van der Waals surface area contributed by atoms with Crippen molar-refractivity contribution in [1.29, 1.82) is 0 Å². The summed E-state index contributed by atoms with van der Waals surface area (Å²) in [5.74, 6) is 0.858. The Morgan fingerprint density at radius 2 is 2.08 bits per heavy atom. The molecular weight excluding hydrogens is 308 g/mol. The number of amides is 2. The number of hydrogen-bond donors (Lipinski definition) is 1. The molecule has 0 spiro atoms. The third kappa shape index (κ3) is 3.29. The Morgan fingerprint density at radius 3 is 2.79 bits per heavy atom. The Bertz CT molecular complexity index is 759. The molecule has 1 N–H and O–H groups in total. The second kappa shape index (κ2) is 6.57. The average Bonchev–Trinajstić information content (AvgIpc) is 2.58. The van der Waals surface area contributed by atoms with Crippen LogP contribution in [0.4, 0.5) is 17.2 Å². The first-order valence-corrected chi connectivity index (χ1v) is 7.50. The van der Waals surface area contributed by atoms with Gasteiger partial charge in [-0.2, -0.15) is 0 Å². The van der Waals surface area contributed by atoms with E-state index < -0.39 is 0 Å². The predicted molar refractivity (Wildman–Crippen MR) is 91.5 cm³/mol. The Kier molecular flexibility index (Phi) is 4.33. The van der Waals surface area contributed by atoms with E-state index in [0.29, 0.717) is 17.1 Å². The molecule has 1 aliphatic heterocycles. The summed E-state index contributed by atoms with van der Waals surface area (Å²) >= 11 is 0. The van der Waals surface area contributed by atoms with Gasteiger partial charge in [0, 0.05) is 14.1 Å². The average molecular weight is 326 g/mol. The topological polar surface area (TPSA) is 74.8 Å². The van der Waals surface area contributed by atoms with Crippen LogP contribution >= 0.6 is 0 Å².